The van der Waals surface area contributed by atoms with Gasteiger partial charge in [0.2, 0.25) is 0 Å². The minimum absolute atomic E-state index is 0.203. The molecule has 0 amide bonds. The zero-order chi connectivity index (χ0) is 15.7. The van der Waals surface area contributed by atoms with Crippen molar-refractivity contribution >= 4 is 0 Å². The Morgan fingerprint density at radius 1 is 1.24 bits per heavy atom. The van der Waals surface area contributed by atoms with Crippen LogP contribution in [0.4, 0.5) is 4.39 Å². The van der Waals surface area contributed by atoms with E-state index >= 15 is 0 Å². The van der Waals surface area contributed by atoms with Gasteiger partial charge in [-0.2, -0.15) is 0 Å². The number of aromatic nitrogens is 1. The van der Waals surface area contributed by atoms with Gasteiger partial charge in [-0.25, -0.2) is 4.39 Å². The minimum Gasteiger partial charge on any atom is -0.306 e. The molecular formula is C17H30FN3. The largest absolute Gasteiger partial charge is 0.306 e. The van der Waals surface area contributed by atoms with Gasteiger partial charge in [0.05, 0.1) is 11.9 Å². The van der Waals surface area contributed by atoms with Gasteiger partial charge in [-0.1, -0.05) is 20.8 Å². The van der Waals surface area contributed by atoms with Crippen LogP contribution in [0.2, 0.25) is 0 Å². The molecule has 1 rings (SSSR count). The molecule has 4 heteroatoms. The highest BCUT2D eigenvalue weighted by atomic mass is 19.1. The molecule has 0 saturated carbocycles. The van der Waals surface area contributed by atoms with Crippen molar-refractivity contribution in [2.75, 3.05) is 19.6 Å². The summed E-state index contributed by atoms with van der Waals surface area (Å²) in [6.45, 7) is 12.2. The van der Waals surface area contributed by atoms with Crippen LogP contribution < -0.4 is 5.32 Å². The van der Waals surface area contributed by atoms with Crippen molar-refractivity contribution in [3.63, 3.8) is 0 Å². The summed E-state index contributed by atoms with van der Waals surface area (Å²) >= 11 is 0. The number of hydrogen-bond acceptors (Lipinski definition) is 3. The molecule has 0 aliphatic carbocycles. The van der Waals surface area contributed by atoms with Crippen molar-refractivity contribution in [3.8, 4) is 0 Å². The fourth-order valence-corrected chi connectivity index (χ4v) is 2.59. The molecule has 0 spiro atoms. The molecule has 2 atom stereocenters. The van der Waals surface area contributed by atoms with Gasteiger partial charge in [-0.15, -0.1) is 0 Å². The van der Waals surface area contributed by atoms with E-state index in [9.17, 15) is 4.39 Å². The fraction of sp³-hybridized carbons (Fsp3) is 0.706. The maximum absolute atomic E-state index is 12.9. The number of nitrogens with zero attached hydrogens (tertiary/aromatic N) is 2. The van der Waals surface area contributed by atoms with Crippen molar-refractivity contribution in [2.45, 2.75) is 59.0 Å². The van der Waals surface area contributed by atoms with Gasteiger partial charge in [0.15, 0.2) is 0 Å². The molecule has 2 unspecified atom stereocenters. The molecule has 0 fully saturated rings. The third kappa shape index (κ3) is 6.53. The van der Waals surface area contributed by atoms with E-state index in [1.54, 1.807) is 6.07 Å². The van der Waals surface area contributed by atoms with Crippen molar-refractivity contribution < 1.29 is 4.39 Å². The molecule has 120 valence electrons. The van der Waals surface area contributed by atoms with Crippen LogP contribution in [0.15, 0.2) is 18.3 Å². The lowest BCUT2D eigenvalue weighted by Gasteiger charge is -2.23. The molecule has 1 aromatic rings. The second-order valence-corrected chi connectivity index (χ2v) is 5.60. The van der Waals surface area contributed by atoms with Crippen LogP contribution in [0.3, 0.4) is 0 Å². The van der Waals surface area contributed by atoms with E-state index in [2.05, 4.69) is 42.9 Å². The van der Waals surface area contributed by atoms with E-state index in [4.69, 9.17) is 0 Å². The molecule has 1 heterocycles. The minimum atomic E-state index is -0.277. The summed E-state index contributed by atoms with van der Waals surface area (Å²) in [5.41, 5.74) is 0.925. The zero-order valence-electron chi connectivity index (χ0n) is 13.9. The first-order chi connectivity index (χ1) is 10.1. The second kappa shape index (κ2) is 9.85. The summed E-state index contributed by atoms with van der Waals surface area (Å²) in [4.78, 5) is 6.64. The zero-order valence-corrected chi connectivity index (χ0v) is 13.9. The summed E-state index contributed by atoms with van der Waals surface area (Å²) in [7, 11) is 0. The number of rotatable bonds is 10. The van der Waals surface area contributed by atoms with Crippen molar-refractivity contribution in [1.29, 1.82) is 0 Å². The lowest BCUT2D eigenvalue weighted by molar-refractivity contribution is 0.287. The summed E-state index contributed by atoms with van der Waals surface area (Å²) < 4.78 is 12.9. The Morgan fingerprint density at radius 3 is 2.48 bits per heavy atom. The molecule has 0 radical (unpaired) electrons. The molecule has 1 aromatic heterocycles. The summed E-state index contributed by atoms with van der Waals surface area (Å²) in [6.07, 6.45) is 4.60. The van der Waals surface area contributed by atoms with Crippen molar-refractivity contribution in [3.05, 3.63) is 29.8 Å². The highest BCUT2D eigenvalue weighted by molar-refractivity contribution is 5.09. The Balaban J connectivity index is 2.40. The average Bonchev–Trinajstić information content (AvgIpc) is 2.50. The number of pyridine rings is 1. The Labute approximate surface area is 129 Å². The SMILES string of the molecule is CCC(NC(C)CCCN(CC)CC)c1ccc(F)cn1. The van der Waals surface area contributed by atoms with Gasteiger partial charge in [0, 0.05) is 12.1 Å². The molecule has 0 bridgehead atoms. The van der Waals surface area contributed by atoms with Crippen molar-refractivity contribution in [1.82, 2.24) is 15.2 Å². The molecule has 1 N–H and O–H groups in total. The quantitative estimate of drug-likeness (QED) is 0.712. The lowest BCUT2D eigenvalue weighted by atomic mass is 10.1. The number of nitrogens with one attached hydrogen (secondary N) is 1. The van der Waals surface area contributed by atoms with Gasteiger partial charge in [-0.05, 0) is 58.0 Å². The van der Waals surface area contributed by atoms with Gasteiger partial charge in [0.25, 0.3) is 0 Å². The van der Waals surface area contributed by atoms with Gasteiger partial charge < -0.3 is 10.2 Å². The van der Waals surface area contributed by atoms with E-state index in [1.807, 2.05) is 0 Å². The molecule has 21 heavy (non-hydrogen) atoms. The molecule has 0 aliphatic rings. The van der Waals surface area contributed by atoms with E-state index in [-0.39, 0.29) is 11.9 Å². The predicted octanol–water partition coefficient (Wildman–Crippen LogP) is 3.77. The second-order valence-electron chi connectivity index (χ2n) is 5.60. The first-order valence-electron chi connectivity index (χ1n) is 8.20. The highest BCUT2D eigenvalue weighted by Gasteiger charge is 2.14. The third-order valence-corrected chi connectivity index (χ3v) is 4.01. The Kier molecular flexibility index (Phi) is 8.47. The monoisotopic (exact) mass is 295 g/mol. The smallest absolute Gasteiger partial charge is 0.141 e. The molecule has 0 aliphatic heterocycles. The summed E-state index contributed by atoms with van der Waals surface area (Å²) in [5.74, 6) is -0.277. The van der Waals surface area contributed by atoms with Crippen LogP contribution in [-0.2, 0) is 0 Å². The first-order valence-corrected chi connectivity index (χ1v) is 8.20. The fourth-order valence-electron chi connectivity index (χ4n) is 2.59. The van der Waals surface area contributed by atoms with Crippen LogP contribution in [0.25, 0.3) is 0 Å². The van der Waals surface area contributed by atoms with Gasteiger partial charge in [0.1, 0.15) is 5.82 Å². The van der Waals surface area contributed by atoms with Crippen LogP contribution in [0, 0.1) is 5.82 Å². The van der Waals surface area contributed by atoms with E-state index in [0.717, 1.165) is 38.2 Å². The maximum Gasteiger partial charge on any atom is 0.141 e. The Hall–Kier alpha value is -1.00. The highest BCUT2D eigenvalue weighted by Crippen LogP contribution is 2.16. The Morgan fingerprint density at radius 2 is 1.95 bits per heavy atom. The van der Waals surface area contributed by atoms with Crippen LogP contribution in [0.1, 0.15) is 58.7 Å². The van der Waals surface area contributed by atoms with Gasteiger partial charge >= 0.3 is 0 Å². The summed E-state index contributed by atoms with van der Waals surface area (Å²) in [5, 5.41) is 3.61. The molecule has 0 aromatic carbocycles. The maximum atomic E-state index is 12.9. The summed E-state index contributed by atoms with van der Waals surface area (Å²) in [6, 6.07) is 3.91. The van der Waals surface area contributed by atoms with Gasteiger partial charge in [-0.3, -0.25) is 4.98 Å². The Bertz CT molecular complexity index is 376. The standard InChI is InChI=1S/C17H30FN3/c1-5-16(17-11-10-15(18)13-19-17)20-14(4)9-8-12-21(6-2)7-3/h10-11,13-14,16,20H,5-9,12H2,1-4H3. The van der Waals surface area contributed by atoms with Crippen LogP contribution in [0.5, 0.6) is 0 Å². The van der Waals surface area contributed by atoms with E-state index in [0.29, 0.717) is 6.04 Å². The lowest BCUT2D eigenvalue weighted by Crippen LogP contribution is -2.32. The van der Waals surface area contributed by atoms with E-state index in [1.165, 1.54) is 18.7 Å². The third-order valence-electron chi connectivity index (χ3n) is 4.01. The van der Waals surface area contributed by atoms with Crippen molar-refractivity contribution in [2.24, 2.45) is 0 Å². The number of halogens is 1. The first kappa shape index (κ1) is 18.1. The number of hydrogen-bond donors (Lipinski definition) is 1. The normalized spacial score (nSPS) is 14.4. The predicted molar refractivity (Wildman–Crippen MR) is 86.8 cm³/mol. The average molecular weight is 295 g/mol. The van der Waals surface area contributed by atoms with Crippen LogP contribution in [-0.4, -0.2) is 35.6 Å². The molecular weight excluding hydrogens is 265 g/mol. The van der Waals surface area contributed by atoms with Crippen LogP contribution >= 0.6 is 0 Å². The topological polar surface area (TPSA) is 28.2 Å². The van der Waals surface area contributed by atoms with E-state index < -0.39 is 0 Å². The molecule has 3 nitrogen and oxygen atoms in total. The molecule has 0 saturated heterocycles.